The van der Waals surface area contributed by atoms with Gasteiger partial charge in [-0.25, -0.2) is 14.8 Å². The Bertz CT molecular complexity index is 1350. The lowest BCUT2D eigenvalue weighted by Gasteiger charge is -2.34. The summed E-state index contributed by atoms with van der Waals surface area (Å²) in [5.41, 5.74) is 3.26. The number of anilines is 2. The predicted molar refractivity (Wildman–Crippen MR) is 130 cm³/mol. The van der Waals surface area contributed by atoms with E-state index in [1.54, 1.807) is 29.4 Å². The van der Waals surface area contributed by atoms with Crippen LogP contribution in [0.2, 0.25) is 0 Å². The summed E-state index contributed by atoms with van der Waals surface area (Å²) < 4.78 is 5.39. The Morgan fingerprint density at radius 1 is 1.21 bits per heavy atom. The van der Waals surface area contributed by atoms with Crippen LogP contribution in [0.5, 0.6) is 0 Å². The molecule has 0 saturated carbocycles. The van der Waals surface area contributed by atoms with Gasteiger partial charge in [-0.1, -0.05) is 0 Å². The van der Waals surface area contributed by atoms with E-state index in [1.807, 2.05) is 16.0 Å². The van der Waals surface area contributed by atoms with E-state index in [-0.39, 0.29) is 6.03 Å². The number of fused-ring (bicyclic) bond motifs is 4. The maximum absolute atomic E-state index is 13.0. The van der Waals surface area contributed by atoms with E-state index in [0.717, 1.165) is 43.9 Å². The van der Waals surface area contributed by atoms with Gasteiger partial charge in [0.05, 0.1) is 42.5 Å². The minimum absolute atomic E-state index is 0.101. The fourth-order valence-electron chi connectivity index (χ4n) is 4.51. The molecule has 5 heterocycles. The maximum Gasteiger partial charge on any atom is 0.320 e. The summed E-state index contributed by atoms with van der Waals surface area (Å²) >= 11 is 3.34. The van der Waals surface area contributed by atoms with E-state index in [2.05, 4.69) is 43.9 Å². The van der Waals surface area contributed by atoms with Crippen LogP contribution in [0.4, 0.5) is 16.3 Å². The second-order valence-corrected chi connectivity index (χ2v) is 10.0. The van der Waals surface area contributed by atoms with Crippen molar-refractivity contribution in [3.05, 3.63) is 35.1 Å². The lowest BCUT2D eigenvalue weighted by molar-refractivity contribution is 0.0423. The third-order valence-corrected chi connectivity index (χ3v) is 8.10. The zero-order valence-electron chi connectivity index (χ0n) is 18.1. The largest absolute Gasteiger partial charge is 0.378 e. The number of aromatic amines is 1. The Balaban J connectivity index is 1.32. The zero-order chi connectivity index (χ0) is 22.4. The van der Waals surface area contributed by atoms with Crippen LogP contribution in [0.3, 0.4) is 0 Å². The van der Waals surface area contributed by atoms with E-state index < -0.39 is 0 Å². The minimum atomic E-state index is 0.101. The molecule has 33 heavy (non-hydrogen) atoms. The van der Waals surface area contributed by atoms with Crippen molar-refractivity contribution < 1.29 is 9.53 Å². The Morgan fingerprint density at radius 2 is 2.09 bits per heavy atom. The fourth-order valence-corrected chi connectivity index (χ4v) is 6.27. The molecule has 0 atom stereocenters. The topological polar surface area (TPSA) is 99.3 Å². The van der Waals surface area contributed by atoms with Crippen molar-refractivity contribution in [2.24, 2.45) is 0 Å². The number of H-pyrrole nitrogens is 1. The second kappa shape index (κ2) is 8.47. The highest BCUT2D eigenvalue weighted by Gasteiger charge is 2.29. The molecule has 2 aliphatic rings. The number of hydrogen-bond donors (Lipinski definition) is 2. The quantitative estimate of drug-likeness (QED) is 0.429. The average Bonchev–Trinajstić information content (AvgIpc) is 3.47. The SMILES string of the molecule is CSc1cc2[nH]ncc2cc1Nc1ncnc2sc3c(c12)CCN(C(=O)N1CCOCC1)C3. The van der Waals surface area contributed by atoms with E-state index >= 15 is 0 Å². The first-order valence-corrected chi connectivity index (χ1v) is 12.9. The first-order valence-electron chi connectivity index (χ1n) is 10.9. The van der Waals surface area contributed by atoms with Crippen molar-refractivity contribution in [2.45, 2.75) is 17.9 Å². The minimum Gasteiger partial charge on any atom is -0.378 e. The number of thioether (sulfide) groups is 1. The van der Waals surface area contributed by atoms with Gasteiger partial charge in [-0.05, 0) is 30.4 Å². The predicted octanol–water partition coefficient (Wildman–Crippen LogP) is 3.84. The number of amides is 2. The Labute approximate surface area is 198 Å². The summed E-state index contributed by atoms with van der Waals surface area (Å²) in [6, 6.07) is 4.30. The van der Waals surface area contributed by atoms with Crippen LogP contribution in [0, 0.1) is 0 Å². The highest BCUT2D eigenvalue weighted by Crippen LogP contribution is 2.39. The lowest BCUT2D eigenvalue weighted by Crippen LogP contribution is -2.49. The molecule has 2 N–H and O–H groups in total. The number of rotatable bonds is 3. The third kappa shape index (κ3) is 3.69. The van der Waals surface area contributed by atoms with Gasteiger partial charge >= 0.3 is 6.03 Å². The molecule has 9 nitrogen and oxygen atoms in total. The monoisotopic (exact) mass is 481 g/mol. The van der Waals surface area contributed by atoms with Crippen LogP contribution >= 0.6 is 23.1 Å². The average molecular weight is 482 g/mol. The number of nitrogens with zero attached hydrogens (tertiary/aromatic N) is 5. The summed E-state index contributed by atoms with van der Waals surface area (Å²) in [4.78, 5) is 29.2. The Kier molecular flexibility index (Phi) is 5.31. The number of thiophene rings is 1. The molecule has 0 unspecified atom stereocenters. The van der Waals surface area contributed by atoms with Gasteiger partial charge in [0, 0.05) is 34.8 Å². The van der Waals surface area contributed by atoms with E-state index in [0.29, 0.717) is 39.4 Å². The number of carbonyl (C=O) groups is 1. The van der Waals surface area contributed by atoms with Crippen molar-refractivity contribution in [1.82, 2.24) is 30.0 Å². The van der Waals surface area contributed by atoms with Crippen molar-refractivity contribution in [2.75, 3.05) is 44.4 Å². The summed E-state index contributed by atoms with van der Waals surface area (Å²) in [6.45, 7) is 3.85. The van der Waals surface area contributed by atoms with Crippen LogP contribution in [0.1, 0.15) is 10.4 Å². The molecule has 2 aliphatic heterocycles. The summed E-state index contributed by atoms with van der Waals surface area (Å²) in [7, 11) is 0. The van der Waals surface area contributed by atoms with Gasteiger partial charge in [-0.15, -0.1) is 23.1 Å². The van der Waals surface area contributed by atoms with Gasteiger partial charge in [0.25, 0.3) is 0 Å². The standard InChI is InChI=1S/C22H23N7O2S2/c1-32-17-9-15-13(10-25-27-15)8-16(17)26-20-19-14-2-3-29(22(30)28-4-6-31-7-5-28)11-18(14)33-21(19)24-12-23-20/h8-10,12H,2-7,11H2,1H3,(H,25,27)(H,23,24,26). The van der Waals surface area contributed by atoms with E-state index in [1.165, 1.54) is 10.4 Å². The van der Waals surface area contributed by atoms with Crippen molar-refractivity contribution in [3.8, 4) is 0 Å². The zero-order valence-corrected chi connectivity index (χ0v) is 19.8. The number of aromatic nitrogens is 4. The molecule has 3 aromatic heterocycles. The molecule has 2 amide bonds. The van der Waals surface area contributed by atoms with Gasteiger partial charge in [0.2, 0.25) is 0 Å². The van der Waals surface area contributed by atoms with Gasteiger partial charge in [-0.3, -0.25) is 5.10 Å². The highest BCUT2D eigenvalue weighted by atomic mass is 32.2. The normalized spacial score (nSPS) is 16.4. The Hall–Kier alpha value is -2.89. The summed E-state index contributed by atoms with van der Waals surface area (Å²) in [6.07, 6.45) is 6.29. The van der Waals surface area contributed by atoms with Crippen LogP contribution < -0.4 is 5.32 Å². The summed E-state index contributed by atoms with van der Waals surface area (Å²) in [5.74, 6) is 0.809. The molecule has 1 aromatic carbocycles. The lowest BCUT2D eigenvalue weighted by atomic mass is 10.0. The van der Waals surface area contributed by atoms with Crippen molar-refractivity contribution in [1.29, 1.82) is 0 Å². The van der Waals surface area contributed by atoms with Gasteiger partial charge in [-0.2, -0.15) is 5.10 Å². The van der Waals surface area contributed by atoms with Gasteiger partial charge in [0.1, 0.15) is 17.0 Å². The number of hydrogen-bond acceptors (Lipinski definition) is 8. The van der Waals surface area contributed by atoms with Crippen molar-refractivity contribution >= 4 is 61.8 Å². The molecule has 0 radical (unpaired) electrons. The number of urea groups is 1. The molecule has 0 bridgehead atoms. The number of carbonyl (C=O) groups excluding carboxylic acids is 1. The molecular formula is C22H23N7O2S2. The number of benzene rings is 1. The van der Waals surface area contributed by atoms with E-state index in [4.69, 9.17) is 4.74 Å². The van der Waals surface area contributed by atoms with Crippen LogP contribution in [-0.2, 0) is 17.7 Å². The fraction of sp³-hybridized carbons (Fsp3) is 0.364. The van der Waals surface area contributed by atoms with Crippen molar-refractivity contribution in [3.63, 3.8) is 0 Å². The third-order valence-electron chi connectivity index (χ3n) is 6.20. The first kappa shape index (κ1) is 20.7. The second-order valence-electron chi connectivity index (χ2n) is 8.09. The maximum atomic E-state index is 13.0. The van der Waals surface area contributed by atoms with Gasteiger partial charge < -0.3 is 19.9 Å². The molecule has 1 fully saturated rings. The molecule has 0 spiro atoms. The Morgan fingerprint density at radius 3 is 2.94 bits per heavy atom. The van der Waals surface area contributed by atoms with Crippen LogP contribution in [0.15, 0.2) is 29.6 Å². The smallest absolute Gasteiger partial charge is 0.320 e. The molecule has 6 rings (SSSR count). The molecule has 11 heteroatoms. The molecule has 4 aromatic rings. The summed E-state index contributed by atoms with van der Waals surface area (Å²) in [5, 5.41) is 12.9. The number of ether oxygens (including phenoxy) is 1. The molecule has 0 aliphatic carbocycles. The van der Waals surface area contributed by atoms with Crippen LogP contribution in [0.25, 0.3) is 21.1 Å². The highest BCUT2D eigenvalue weighted by molar-refractivity contribution is 7.98. The number of morpholine rings is 1. The first-order chi connectivity index (χ1) is 16.2. The molecule has 170 valence electrons. The number of nitrogens with one attached hydrogen (secondary N) is 2. The molecule has 1 saturated heterocycles. The molecular weight excluding hydrogens is 458 g/mol. The van der Waals surface area contributed by atoms with E-state index in [9.17, 15) is 4.79 Å². The van der Waals surface area contributed by atoms with Gasteiger partial charge in [0.15, 0.2) is 0 Å². The van der Waals surface area contributed by atoms with Crippen LogP contribution in [-0.4, -0.2) is 75.1 Å².